The molecule has 0 N–H and O–H groups in total. The lowest BCUT2D eigenvalue weighted by molar-refractivity contribution is 0.0640. The number of ether oxygens (including phenoxy) is 1. The topological polar surface area (TPSA) is 15.7 Å². The van der Waals surface area contributed by atoms with E-state index in [1.165, 1.54) is 22.5 Å². The van der Waals surface area contributed by atoms with Crippen molar-refractivity contribution in [1.82, 2.24) is 4.90 Å². The molecule has 1 saturated heterocycles. The summed E-state index contributed by atoms with van der Waals surface area (Å²) in [6.45, 7) is 12.6. The molecule has 1 heterocycles. The van der Waals surface area contributed by atoms with Gasteiger partial charge in [-0.15, -0.1) is 0 Å². The zero-order valence-corrected chi connectivity index (χ0v) is 13.4. The van der Waals surface area contributed by atoms with Crippen molar-refractivity contribution in [2.24, 2.45) is 0 Å². The Hall–Kier alpha value is -1.74. The summed E-state index contributed by atoms with van der Waals surface area (Å²) >= 11 is 0. The Labute approximate surface area is 128 Å². The van der Waals surface area contributed by atoms with Crippen LogP contribution in [-0.2, 0) is 4.74 Å². The number of rotatable bonds is 5. The third kappa shape index (κ3) is 3.67. The standard InChI is InChI=1S/C18H26N2O/c1-5-7-18(20-10-12-21-13-11-20)16-14-15(3)8-9-17(16)19(4)6-2/h5,7-9,14H,1,6,10-13H2,2-4H3/b18-7+. The van der Waals surface area contributed by atoms with Crippen LogP contribution in [0.5, 0.6) is 0 Å². The van der Waals surface area contributed by atoms with Crippen LogP contribution >= 0.6 is 0 Å². The average molecular weight is 286 g/mol. The van der Waals surface area contributed by atoms with Crippen LogP contribution in [-0.4, -0.2) is 44.8 Å². The SMILES string of the molecule is C=C/C=C(\c1cc(C)ccc1N(C)CC)N1CCOCC1. The van der Waals surface area contributed by atoms with Crippen LogP contribution in [0.2, 0.25) is 0 Å². The van der Waals surface area contributed by atoms with Gasteiger partial charge >= 0.3 is 0 Å². The molecule has 1 aromatic carbocycles. The summed E-state index contributed by atoms with van der Waals surface area (Å²) in [4.78, 5) is 4.68. The number of anilines is 1. The summed E-state index contributed by atoms with van der Waals surface area (Å²) in [7, 11) is 2.14. The van der Waals surface area contributed by atoms with E-state index in [0.717, 1.165) is 32.8 Å². The average Bonchev–Trinajstić information content (AvgIpc) is 2.52. The molecule has 3 nitrogen and oxygen atoms in total. The first-order valence-corrected chi connectivity index (χ1v) is 7.65. The minimum Gasteiger partial charge on any atom is -0.378 e. The number of nitrogens with zero attached hydrogens (tertiary/aromatic N) is 2. The number of morpholine rings is 1. The summed E-state index contributed by atoms with van der Waals surface area (Å²) in [6.07, 6.45) is 4.00. The van der Waals surface area contributed by atoms with E-state index in [4.69, 9.17) is 4.74 Å². The van der Waals surface area contributed by atoms with Crippen molar-refractivity contribution >= 4 is 11.4 Å². The van der Waals surface area contributed by atoms with Crippen molar-refractivity contribution in [1.29, 1.82) is 0 Å². The van der Waals surface area contributed by atoms with Crippen LogP contribution in [0.3, 0.4) is 0 Å². The molecule has 1 aliphatic rings. The van der Waals surface area contributed by atoms with Gasteiger partial charge < -0.3 is 14.5 Å². The zero-order valence-electron chi connectivity index (χ0n) is 13.4. The Morgan fingerprint density at radius 1 is 1.38 bits per heavy atom. The molecular weight excluding hydrogens is 260 g/mol. The van der Waals surface area contributed by atoms with Crippen molar-refractivity contribution in [2.75, 3.05) is 44.8 Å². The highest BCUT2D eigenvalue weighted by molar-refractivity contribution is 5.77. The summed E-state index contributed by atoms with van der Waals surface area (Å²) < 4.78 is 5.48. The highest BCUT2D eigenvalue weighted by Gasteiger charge is 2.18. The molecule has 0 atom stereocenters. The molecule has 0 amide bonds. The summed E-state index contributed by atoms with van der Waals surface area (Å²) in [5, 5.41) is 0. The van der Waals surface area contributed by atoms with Gasteiger partial charge in [0.05, 0.1) is 13.2 Å². The fraction of sp³-hybridized carbons (Fsp3) is 0.444. The van der Waals surface area contributed by atoms with Gasteiger partial charge in [0, 0.05) is 43.6 Å². The zero-order chi connectivity index (χ0) is 15.2. The monoisotopic (exact) mass is 286 g/mol. The number of hydrogen-bond donors (Lipinski definition) is 0. The van der Waals surface area contributed by atoms with Crippen molar-refractivity contribution in [2.45, 2.75) is 13.8 Å². The predicted molar refractivity (Wildman–Crippen MR) is 90.7 cm³/mol. The molecule has 0 radical (unpaired) electrons. The maximum Gasteiger partial charge on any atom is 0.0642 e. The molecule has 0 spiro atoms. The third-order valence-electron chi connectivity index (χ3n) is 3.94. The van der Waals surface area contributed by atoms with E-state index < -0.39 is 0 Å². The van der Waals surface area contributed by atoms with Crippen LogP contribution in [0.25, 0.3) is 5.70 Å². The van der Waals surface area contributed by atoms with E-state index in [2.05, 4.69) is 61.5 Å². The van der Waals surface area contributed by atoms with E-state index >= 15 is 0 Å². The van der Waals surface area contributed by atoms with Crippen molar-refractivity contribution < 1.29 is 4.74 Å². The Bertz CT molecular complexity index is 516. The Kier molecular flexibility index (Phi) is 5.45. The molecule has 21 heavy (non-hydrogen) atoms. The molecule has 0 aliphatic carbocycles. The molecule has 1 aromatic rings. The van der Waals surface area contributed by atoms with E-state index in [-0.39, 0.29) is 0 Å². The van der Waals surface area contributed by atoms with Crippen LogP contribution in [0.4, 0.5) is 5.69 Å². The largest absolute Gasteiger partial charge is 0.378 e. The highest BCUT2D eigenvalue weighted by Crippen LogP contribution is 2.30. The lowest BCUT2D eigenvalue weighted by atomic mass is 10.0. The summed E-state index contributed by atoms with van der Waals surface area (Å²) in [5.41, 5.74) is 5.07. The minimum atomic E-state index is 0.791. The Morgan fingerprint density at radius 2 is 2.10 bits per heavy atom. The smallest absolute Gasteiger partial charge is 0.0642 e. The van der Waals surface area contributed by atoms with Crippen molar-refractivity contribution in [3.05, 3.63) is 48.1 Å². The Balaban J connectivity index is 2.46. The maximum atomic E-state index is 5.48. The van der Waals surface area contributed by atoms with Gasteiger partial charge in [-0.2, -0.15) is 0 Å². The lowest BCUT2D eigenvalue weighted by Crippen LogP contribution is -2.35. The lowest BCUT2D eigenvalue weighted by Gasteiger charge is -2.33. The first-order chi connectivity index (χ1) is 10.2. The number of aryl methyl sites for hydroxylation is 1. The van der Waals surface area contributed by atoms with Crippen molar-refractivity contribution in [3.63, 3.8) is 0 Å². The maximum absolute atomic E-state index is 5.48. The molecule has 0 bridgehead atoms. The normalized spacial score (nSPS) is 16.0. The molecule has 2 rings (SSSR count). The molecule has 0 unspecified atom stereocenters. The van der Waals surface area contributed by atoms with E-state index in [1.807, 2.05) is 6.08 Å². The highest BCUT2D eigenvalue weighted by atomic mass is 16.5. The van der Waals surface area contributed by atoms with Gasteiger partial charge in [0.15, 0.2) is 0 Å². The molecule has 3 heteroatoms. The fourth-order valence-electron chi connectivity index (χ4n) is 2.64. The fourth-order valence-corrected chi connectivity index (χ4v) is 2.64. The molecule has 1 aliphatic heterocycles. The van der Waals surface area contributed by atoms with Gasteiger partial charge in [0.2, 0.25) is 0 Å². The van der Waals surface area contributed by atoms with Crippen LogP contribution in [0.15, 0.2) is 36.9 Å². The number of hydrogen-bond acceptors (Lipinski definition) is 3. The van der Waals surface area contributed by atoms with Crippen LogP contribution < -0.4 is 4.90 Å². The van der Waals surface area contributed by atoms with Gasteiger partial charge in [-0.05, 0) is 32.1 Å². The second-order valence-electron chi connectivity index (χ2n) is 5.42. The second kappa shape index (κ2) is 7.32. The van der Waals surface area contributed by atoms with E-state index in [9.17, 15) is 0 Å². The number of benzene rings is 1. The second-order valence-corrected chi connectivity index (χ2v) is 5.42. The third-order valence-corrected chi connectivity index (χ3v) is 3.94. The quantitative estimate of drug-likeness (QED) is 0.772. The van der Waals surface area contributed by atoms with Gasteiger partial charge in [0.1, 0.15) is 0 Å². The molecular formula is C18H26N2O. The van der Waals surface area contributed by atoms with Gasteiger partial charge in [-0.1, -0.05) is 24.3 Å². The molecule has 114 valence electrons. The van der Waals surface area contributed by atoms with Crippen LogP contribution in [0, 0.1) is 6.92 Å². The summed E-state index contributed by atoms with van der Waals surface area (Å²) in [6, 6.07) is 6.66. The van der Waals surface area contributed by atoms with Gasteiger partial charge in [0.25, 0.3) is 0 Å². The van der Waals surface area contributed by atoms with Crippen molar-refractivity contribution in [3.8, 4) is 0 Å². The molecule has 0 aromatic heterocycles. The minimum absolute atomic E-state index is 0.791. The van der Waals surface area contributed by atoms with Gasteiger partial charge in [-0.25, -0.2) is 0 Å². The van der Waals surface area contributed by atoms with Crippen LogP contribution in [0.1, 0.15) is 18.1 Å². The van der Waals surface area contributed by atoms with E-state index in [1.54, 1.807) is 0 Å². The predicted octanol–water partition coefficient (Wildman–Crippen LogP) is 3.31. The molecule has 0 saturated carbocycles. The first-order valence-electron chi connectivity index (χ1n) is 7.65. The van der Waals surface area contributed by atoms with E-state index in [0.29, 0.717) is 0 Å². The summed E-state index contributed by atoms with van der Waals surface area (Å²) in [5.74, 6) is 0. The first kappa shape index (κ1) is 15.6. The van der Waals surface area contributed by atoms with Gasteiger partial charge in [-0.3, -0.25) is 0 Å². The molecule has 1 fully saturated rings. The number of allylic oxidation sites excluding steroid dienone is 2. The Morgan fingerprint density at radius 3 is 2.71 bits per heavy atom.